The topological polar surface area (TPSA) is 24.9 Å². The standard InChI is InChI=1S/C13H22N2S/c1-9-4-5-12(10(2)8-9)15-11(3)13-14-6-7-16-13/h6-7,9-12,15H,4-5,8H2,1-3H3. The molecule has 0 spiro atoms. The van der Waals surface area contributed by atoms with E-state index < -0.39 is 0 Å². The average Bonchev–Trinajstić information content (AvgIpc) is 2.75. The first-order chi connectivity index (χ1) is 7.66. The molecule has 90 valence electrons. The Bertz CT molecular complexity index is 310. The third-order valence-corrected chi connectivity index (χ3v) is 4.68. The molecule has 1 aliphatic rings. The zero-order valence-electron chi connectivity index (χ0n) is 10.4. The molecule has 1 heterocycles. The minimum atomic E-state index is 0.404. The largest absolute Gasteiger partial charge is 0.305 e. The van der Waals surface area contributed by atoms with Gasteiger partial charge in [-0.05, 0) is 38.0 Å². The number of rotatable bonds is 3. The van der Waals surface area contributed by atoms with Gasteiger partial charge in [0.05, 0.1) is 6.04 Å². The molecule has 0 bridgehead atoms. The van der Waals surface area contributed by atoms with E-state index in [1.807, 2.05) is 6.20 Å². The van der Waals surface area contributed by atoms with Crippen LogP contribution in [0.1, 0.15) is 51.1 Å². The summed E-state index contributed by atoms with van der Waals surface area (Å²) in [5, 5.41) is 7.01. The fourth-order valence-corrected chi connectivity index (χ4v) is 3.41. The van der Waals surface area contributed by atoms with E-state index in [9.17, 15) is 0 Å². The first-order valence-corrected chi connectivity index (χ1v) is 7.20. The van der Waals surface area contributed by atoms with Crippen molar-refractivity contribution in [2.24, 2.45) is 11.8 Å². The van der Waals surface area contributed by atoms with Gasteiger partial charge in [-0.3, -0.25) is 0 Å². The summed E-state index contributed by atoms with van der Waals surface area (Å²) in [5.74, 6) is 1.70. The van der Waals surface area contributed by atoms with Crippen molar-refractivity contribution in [1.29, 1.82) is 0 Å². The van der Waals surface area contributed by atoms with Gasteiger partial charge in [-0.1, -0.05) is 13.8 Å². The van der Waals surface area contributed by atoms with Gasteiger partial charge in [0.2, 0.25) is 0 Å². The lowest BCUT2D eigenvalue weighted by molar-refractivity contribution is 0.216. The van der Waals surface area contributed by atoms with E-state index in [4.69, 9.17) is 0 Å². The quantitative estimate of drug-likeness (QED) is 0.870. The molecule has 0 aliphatic heterocycles. The summed E-state index contributed by atoms with van der Waals surface area (Å²) in [4.78, 5) is 4.38. The van der Waals surface area contributed by atoms with E-state index in [-0.39, 0.29) is 0 Å². The number of nitrogens with one attached hydrogen (secondary N) is 1. The molecule has 1 aromatic heterocycles. The van der Waals surface area contributed by atoms with Crippen molar-refractivity contribution < 1.29 is 0 Å². The first-order valence-electron chi connectivity index (χ1n) is 6.32. The summed E-state index contributed by atoms with van der Waals surface area (Å²) >= 11 is 1.75. The number of hydrogen-bond acceptors (Lipinski definition) is 3. The molecule has 4 atom stereocenters. The molecule has 1 aliphatic carbocycles. The van der Waals surface area contributed by atoms with Gasteiger partial charge in [-0.2, -0.15) is 0 Å². The Kier molecular flexibility index (Phi) is 3.98. The van der Waals surface area contributed by atoms with Crippen molar-refractivity contribution >= 4 is 11.3 Å². The van der Waals surface area contributed by atoms with Crippen molar-refractivity contribution in [2.45, 2.75) is 52.1 Å². The van der Waals surface area contributed by atoms with E-state index >= 15 is 0 Å². The fourth-order valence-electron chi connectivity index (χ4n) is 2.75. The predicted octanol–water partition coefficient (Wildman–Crippen LogP) is 3.62. The summed E-state index contributed by atoms with van der Waals surface area (Å²) in [7, 11) is 0. The average molecular weight is 238 g/mol. The third-order valence-electron chi connectivity index (χ3n) is 3.72. The van der Waals surface area contributed by atoms with E-state index in [1.54, 1.807) is 11.3 Å². The van der Waals surface area contributed by atoms with E-state index in [0.29, 0.717) is 12.1 Å². The van der Waals surface area contributed by atoms with Crippen LogP contribution in [0.5, 0.6) is 0 Å². The lowest BCUT2D eigenvalue weighted by atomic mass is 9.79. The van der Waals surface area contributed by atoms with Crippen LogP contribution in [0, 0.1) is 11.8 Å². The molecule has 4 unspecified atom stereocenters. The van der Waals surface area contributed by atoms with Crippen molar-refractivity contribution in [3.8, 4) is 0 Å². The SMILES string of the molecule is CC1CCC(NC(C)c2nccs2)C(C)C1. The molecule has 1 fully saturated rings. The van der Waals surface area contributed by atoms with Crippen LogP contribution in [0.4, 0.5) is 0 Å². The Labute approximate surface area is 102 Å². The number of thiazole rings is 1. The second-order valence-electron chi connectivity index (χ2n) is 5.26. The van der Waals surface area contributed by atoms with Crippen molar-refractivity contribution in [3.63, 3.8) is 0 Å². The zero-order valence-corrected chi connectivity index (χ0v) is 11.3. The second-order valence-corrected chi connectivity index (χ2v) is 6.19. The molecule has 1 N–H and O–H groups in total. The maximum Gasteiger partial charge on any atom is 0.109 e. The van der Waals surface area contributed by atoms with Gasteiger partial charge in [0.25, 0.3) is 0 Å². The van der Waals surface area contributed by atoms with Crippen LogP contribution in [0.15, 0.2) is 11.6 Å². The third kappa shape index (κ3) is 2.83. The van der Waals surface area contributed by atoms with Gasteiger partial charge < -0.3 is 5.32 Å². The highest BCUT2D eigenvalue weighted by Crippen LogP contribution is 2.30. The molecule has 16 heavy (non-hydrogen) atoms. The van der Waals surface area contributed by atoms with Gasteiger partial charge in [0, 0.05) is 17.6 Å². The molecule has 0 saturated heterocycles. The van der Waals surface area contributed by atoms with Gasteiger partial charge in [-0.25, -0.2) is 4.98 Å². The first kappa shape index (κ1) is 12.1. The van der Waals surface area contributed by atoms with Gasteiger partial charge in [-0.15, -0.1) is 11.3 Å². The number of nitrogens with zero attached hydrogens (tertiary/aromatic N) is 1. The molecule has 0 radical (unpaired) electrons. The minimum Gasteiger partial charge on any atom is -0.305 e. The Morgan fingerprint density at radius 3 is 2.88 bits per heavy atom. The summed E-state index contributed by atoms with van der Waals surface area (Å²) < 4.78 is 0. The fraction of sp³-hybridized carbons (Fsp3) is 0.769. The van der Waals surface area contributed by atoms with E-state index in [1.165, 1.54) is 24.3 Å². The highest BCUT2D eigenvalue weighted by atomic mass is 32.1. The monoisotopic (exact) mass is 238 g/mol. The molecule has 1 saturated carbocycles. The number of aromatic nitrogens is 1. The number of hydrogen-bond donors (Lipinski definition) is 1. The van der Waals surface area contributed by atoms with Crippen molar-refractivity contribution in [1.82, 2.24) is 10.3 Å². The molecular weight excluding hydrogens is 216 g/mol. The molecular formula is C13H22N2S. The Hall–Kier alpha value is -0.410. The molecule has 2 nitrogen and oxygen atoms in total. The van der Waals surface area contributed by atoms with Crippen LogP contribution in [0.25, 0.3) is 0 Å². The van der Waals surface area contributed by atoms with Gasteiger partial charge in [0.1, 0.15) is 5.01 Å². The second kappa shape index (κ2) is 5.28. The Morgan fingerprint density at radius 2 is 2.25 bits per heavy atom. The predicted molar refractivity (Wildman–Crippen MR) is 69.6 cm³/mol. The Balaban J connectivity index is 1.89. The lowest BCUT2D eigenvalue weighted by Crippen LogP contribution is -2.40. The maximum atomic E-state index is 4.38. The minimum absolute atomic E-state index is 0.404. The lowest BCUT2D eigenvalue weighted by Gasteiger charge is -2.34. The van der Waals surface area contributed by atoms with Gasteiger partial charge >= 0.3 is 0 Å². The normalized spacial score (nSPS) is 32.6. The molecule has 2 rings (SSSR count). The van der Waals surface area contributed by atoms with Crippen LogP contribution in [0.3, 0.4) is 0 Å². The van der Waals surface area contributed by atoms with Crippen LogP contribution in [-0.4, -0.2) is 11.0 Å². The highest BCUT2D eigenvalue weighted by molar-refractivity contribution is 7.09. The zero-order chi connectivity index (χ0) is 11.5. The van der Waals surface area contributed by atoms with Crippen LogP contribution < -0.4 is 5.32 Å². The van der Waals surface area contributed by atoms with Crippen molar-refractivity contribution in [3.05, 3.63) is 16.6 Å². The van der Waals surface area contributed by atoms with Crippen LogP contribution >= 0.6 is 11.3 Å². The van der Waals surface area contributed by atoms with E-state index in [2.05, 4.69) is 36.5 Å². The van der Waals surface area contributed by atoms with Crippen LogP contribution in [-0.2, 0) is 0 Å². The Morgan fingerprint density at radius 1 is 1.44 bits per heavy atom. The maximum absolute atomic E-state index is 4.38. The molecule has 3 heteroatoms. The smallest absolute Gasteiger partial charge is 0.109 e. The molecule has 0 aromatic carbocycles. The summed E-state index contributed by atoms with van der Waals surface area (Å²) in [6, 6.07) is 1.08. The molecule has 0 amide bonds. The van der Waals surface area contributed by atoms with Crippen LogP contribution in [0.2, 0.25) is 0 Å². The highest BCUT2D eigenvalue weighted by Gasteiger charge is 2.26. The summed E-state index contributed by atoms with van der Waals surface area (Å²) in [6.07, 6.45) is 5.94. The van der Waals surface area contributed by atoms with E-state index in [0.717, 1.165) is 11.8 Å². The summed E-state index contributed by atoms with van der Waals surface area (Å²) in [6.45, 7) is 6.97. The van der Waals surface area contributed by atoms with Crippen molar-refractivity contribution in [2.75, 3.05) is 0 Å². The molecule has 1 aromatic rings. The summed E-state index contributed by atoms with van der Waals surface area (Å²) in [5.41, 5.74) is 0. The van der Waals surface area contributed by atoms with Gasteiger partial charge in [0.15, 0.2) is 0 Å².